The van der Waals surface area contributed by atoms with E-state index in [4.69, 9.17) is 34.8 Å². The summed E-state index contributed by atoms with van der Waals surface area (Å²) in [6.07, 6.45) is 0. The molecular formula is C17H10Cl3F3N2. The Bertz CT molecular complexity index is 934. The first-order valence-electron chi connectivity index (χ1n) is 7.05. The number of nitrogens with zero attached hydrogens (tertiary/aromatic N) is 2. The average molecular weight is 406 g/mol. The molecule has 0 aliphatic heterocycles. The van der Waals surface area contributed by atoms with Gasteiger partial charge in [0.15, 0.2) is 9.49 Å². The summed E-state index contributed by atoms with van der Waals surface area (Å²) in [5.74, 6) is -2.41. The Morgan fingerprint density at radius 3 is 2.04 bits per heavy atom. The summed E-state index contributed by atoms with van der Waals surface area (Å²) in [6.45, 7) is 0. The van der Waals surface area contributed by atoms with Crippen molar-refractivity contribution in [2.24, 2.45) is 7.05 Å². The molecule has 3 aromatic rings. The number of hydrogen-bond acceptors (Lipinski definition) is 1. The third-order valence-electron chi connectivity index (χ3n) is 3.73. The fraction of sp³-hybridized carbons (Fsp3) is 0.118. The zero-order chi connectivity index (χ0) is 18.4. The largest absolute Gasteiger partial charge is 0.267 e. The zero-order valence-electron chi connectivity index (χ0n) is 12.7. The smallest absolute Gasteiger partial charge is 0.187 e. The van der Waals surface area contributed by atoms with Crippen molar-refractivity contribution in [1.29, 1.82) is 0 Å². The molecule has 0 atom stereocenters. The van der Waals surface area contributed by atoms with E-state index in [1.54, 1.807) is 6.07 Å². The van der Waals surface area contributed by atoms with Crippen molar-refractivity contribution in [1.82, 2.24) is 9.78 Å². The van der Waals surface area contributed by atoms with Crippen molar-refractivity contribution in [3.63, 3.8) is 0 Å². The van der Waals surface area contributed by atoms with Crippen molar-refractivity contribution < 1.29 is 13.2 Å². The van der Waals surface area contributed by atoms with Crippen LogP contribution in [-0.4, -0.2) is 9.78 Å². The van der Waals surface area contributed by atoms with Gasteiger partial charge in [0.2, 0.25) is 0 Å². The number of rotatable bonds is 3. The molecule has 0 fully saturated rings. The molecule has 0 saturated heterocycles. The molecule has 0 aliphatic rings. The summed E-state index contributed by atoms with van der Waals surface area (Å²) in [7, 11) is 1.45. The van der Waals surface area contributed by atoms with Gasteiger partial charge in [0.05, 0.1) is 16.8 Å². The normalized spacial score (nSPS) is 11.8. The van der Waals surface area contributed by atoms with Crippen LogP contribution in [0, 0.1) is 17.5 Å². The standard InChI is InChI=1S/C17H10Cl3F3N2/c1-25-15(17(19,20)9-5-2-3-6-10(9)21)14(16(18)24-25)13-11(22)7-4-8-12(13)23/h2-8H,1H3. The highest BCUT2D eigenvalue weighted by molar-refractivity contribution is 6.50. The van der Waals surface area contributed by atoms with Crippen LogP contribution in [0.15, 0.2) is 42.5 Å². The molecule has 0 radical (unpaired) electrons. The molecule has 0 bridgehead atoms. The number of hydrogen-bond donors (Lipinski definition) is 0. The monoisotopic (exact) mass is 404 g/mol. The molecule has 1 heterocycles. The maximum atomic E-state index is 14.3. The first kappa shape index (κ1) is 18.1. The highest BCUT2D eigenvalue weighted by atomic mass is 35.5. The molecule has 3 rings (SSSR count). The van der Waals surface area contributed by atoms with E-state index < -0.39 is 27.3 Å². The van der Waals surface area contributed by atoms with Crippen LogP contribution < -0.4 is 0 Å². The van der Waals surface area contributed by atoms with E-state index in [1.807, 2.05) is 0 Å². The van der Waals surface area contributed by atoms with E-state index in [9.17, 15) is 13.2 Å². The molecule has 2 nitrogen and oxygen atoms in total. The molecule has 0 spiro atoms. The number of benzene rings is 2. The quantitative estimate of drug-likeness (QED) is 0.501. The Labute approximate surface area is 156 Å². The Morgan fingerprint density at radius 1 is 0.880 bits per heavy atom. The minimum atomic E-state index is -1.98. The highest BCUT2D eigenvalue weighted by Crippen LogP contribution is 2.48. The Hall–Kier alpha value is -1.69. The van der Waals surface area contributed by atoms with E-state index in [1.165, 1.54) is 36.0 Å². The Balaban J connectivity index is 2.34. The van der Waals surface area contributed by atoms with E-state index in [0.29, 0.717) is 0 Å². The molecule has 0 saturated carbocycles. The van der Waals surface area contributed by atoms with E-state index in [0.717, 1.165) is 12.1 Å². The second-order valence-electron chi connectivity index (χ2n) is 5.29. The van der Waals surface area contributed by atoms with Gasteiger partial charge in [0.1, 0.15) is 17.5 Å². The second-order valence-corrected chi connectivity index (χ2v) is 6.97. The lowest BCUT2D eigenvalue weighted by molar-refractivity contribution is 0.587. The molecule has 0 amide bonds. The Kier molecular flexibility index (Phi) is 4.75. The van der Waals surface area contributed by atoms with Crippen molar-refractivity contribution in [2.45, 2.75) is 4.33 Å². The first-order valence-corrected chi connectivity index (χ1v) is 8.18. The summed E-state index contributed by atoms with van der Waals surface area (Å²) in [6, 6.07) is 8.91. The van der Waals surface area contributed by atoms with Crippen LogP contribution in [0.4, 0.5) is 13.2 Å². The van der Waals surface area contributed by atoms with Crippen molar-refractivity contribution in [3.05, 3.63) is 76.3 Å². The average Bonchev–Trinajstić information content (AvgIpc) is 2.82. The summed E-state index contributed by atoms with van der Waals surface area (Å²) in [5, 5.41) is 3.74. The SMILES string of the molecule is Cn1nc(Cl)c(-c2c(F)cccc2F)c1C(Cl)(Cl)c1ccccc1F. The predicted octanol–water partition coefficient (Wildman–Crippen LogP) is 5.84. The van der Waals surface area contributed by atoms with Crippen LogP contribution in [0.5, 0.6) is 0 Å². The van der Waals surface area contributed by atoms with Crippen molar-refractivity contribution in [2.75, 3.05) is 0 Å². The van der Waals surface area contributed by atoms with Gasteiger partial charge in [-0.15, -0.1) is 0 Å². The molecule has 2 aromatic carbocycles. The fourth-order valence-electron chi connectivity index (χ4n) is 2.65. The van der Waals surface area contributed by atoms with Crippen LogP contribution in [0.1, 0.15) is 11.3 Å². The molecule has 25 heavy (non-hydrogen) atoms. The van der Waals surface area contributed by atoms with Crippen molar-refractivity contribution >= 4 is 34.8 Å². The van der Waals surface area contributed by atoms with Gasteiger partial charge in [-0.2, -0.15) is 5.10 Å². The number of alkyl halides is 2. The maximum Gasteiger partial charge on any atom is 0.187 e. The van der Waals surface area contributed by atoms with E-state index in [2.05, 4.69) is 5.10 Å². The van der Waals surface area contributed by atoms with Gasteiger partial charge in [-0.3, -0.25) is 4.68 Å². The topological polar surface area (TPSA) is 17.8 Å². The number of halogens is 6. The molecule has 8 heteroatoms. The minimum absolute atomic E-state index is 0.0464. The molecule has 1 aromatic heterocycles. The Morgan fingerprint density at radius 2 is 1.44 bits per heavy atom. The van der Waals surface area contributed by atoms with Crippen molar-refractivity contribution in [3.8, 4) is 11.1 Å². The fourth-order valence-corrected chi connectivity index (χ4v) is 3.69. The zero-order valence-corrected chi connectivity index (χ0v) is 15.0. The van der Waals surface area contributed by atoms with E-state index >= 15 is 0 Å². The van der Waals surface area contributed by atoms with E-state index in [-0.39, 0.29) is 22.0 Å². The van der Waals surface area contributed by atoms with Crippen LogP contribution in [0.25, 0.3) is 11.1 Å². The maximum absolute atomic E-state index is 14.3. The van der Waals surface area contributed by atoms with Crippen LogP contribution in [-0.2, 0) is 11.4 Å². The van der Waals surface area contributed by atoms with Crippen LogP contribution in [0.3, 0.4) is 0 Å². The van der Waals surface area contributed by atoms with Crippen LogP contribution >= 0.6 is 34.8 Å². The lowest BCUT2D eigenvalue weighted by Crippen LogP contribution is -2.20. The molecule has 130 valence electrons. The second kappa shape index (κ2) is 6.56. The van der Waals surface area contributed by atoms with Crippen LogP contribution in [0.2, 0.25) is 5.15 Å². The predicted molar refractivity (Wildman–Crippen MR) is 92.5 cm³/mol. The van der Waals surface area contributed by atoms with Gasteiger partial charge >= 0.3 is 0 Å². The third kappa shape index (κ3) is 3.01. The third-order valence-corrected chi connectivity index (χ3v) is 4.76. The lowest BCUT2D eigenvalue weighted by atomic mass is 9.99. The van der Waals surface area contributed by atoms with Gasteiger partial charge in [-0.1, -0.05) is 59.1 Å². The first-order chi connectivity index (χ1) is 11.7. The van der Waals surface area contributed by atoms with Gasteiger partial charge in [0, 0.05) is 12.6 Å². The summed E-state index contributed by atoms with van der Waals surface area (Å²) >= 11 is 18.9. The van der Waals surface area contributed by atoms with Gasteiger partial charge in [-0.25, -0.2) is 13.2 Å². The minimum Gasteiger partial charge on any atom is -0.267 e. The highest BCUT2D eigenvalue weighted by Gasteiger charge is 2.40. The van der Waals surface area contributed by atoms with Gasteiger partial charge in [-0.05, 0) is 18.2 Å². The van der Waals surface area contributed by atoms with Gasteiger partial charge in [0.25, 0.3) is 0 Å². The van der Waals surface area contributed by atoms with Gasteiger partial charge < -0.3 is 0 Å². The lowest BCUT2D eigenvalue weighted by Gasteiger charge is -2.23. The molecule has 0 aliphatic carbocycles. The molecule has 0 unspecified atom stereocenters. The molecule has 0 N–H and O–H groups in total. The number of aryl methyl sites for hydroxylation is 1. The summed E-state index contributed by atoms with van der Waals surface area (Å²) < 4.78 is 42.0. The molecular weight excluding hydrogens is 396 g/mol. The number of aromatic nitrogens is 2. The summed E-state index contributed by atoms with van der Waals surface area (Å²) in [4.78, 5) is 0. The summed E-state index contributed by atoms with van der Waals surface area (Å²) in [5.41, 5.74) is -0.698.